The minimum absolute atomic E-state index is 0.0579. The van der Waals surface area contributed by atoms with Crippen LogP contribution in [0.5, 0.6) is 5.75 Å². The normalized spacial score (nSPS) is 18.2. The van der Waals surface area contributed by atoms with Gasteiger partial charge in [0.1, 0.15) is 5.75 Å². The van der Waals surface area contributed by atoms with E-state index in [1.165, 1.54) is 0 Å². The molecular formula is C24H40BNO5. The molecule has 0 aliphatic carbocycles. The van der Waals surface area contributed by atoms with Crippen molar-refractivity contribution in [2.45, 2.75) is 92.4 Å². The smallest absolute Gasteiger partial charge is 0.466 e. The van der Waals surface area contributed by atoms with Crippen LogP contribution in [0, 0.1) is 12.3 Å². The number of carbonyl (C=O) groups excluding carboxylic acids is 1. The summed E-state index contributed by atoms with van der Waals surface area (Å²) in [5, 5.41) is 3.18. The second-order valence-electron chi connectivity index (χ2n) is 11.4. The summed E-state index contributed by atoms with van der Waals surface area (Å²) in [6.07, 6.45) is 0.829. The van der Waals surface area contributed by atoms with Crippen molar-refractivity contribution in [3.05, 3.63) is 23.3 Å². The van der Waals surface area contributed by atoms with E-state index >= 15 is 0 Å². The topological polar surface area (TPSA) is 66.0 Å². The number of benzene rings is 1. The zero-order chi connectivity index (χ0) is 23.8. The first-order valence-electron chi connectivity index (χ1n) is 10.9. The van der Waals surface area contributed by atoms with Crippen molar-refractivity contribution in [2.75, 3.05) is 13.9 Å². The Morgan fingerprint density at radius 3 is 2.10 bits per heavy atom. The largest absolute Gasteiger partial charge is 0.494 e. The lowest BCUT2D eigenvalue weighted by molar-refractivity contribution is 0.00578. The lowest BCUT2D eigenvalue weighted by atomic mass is 9.77. The van der Waals surface area contributed by atoms with Crippen molar-refractivity contribution in [3.8, 4) is 5.75 Å². The first kappa shape index (κ1) is 25.7. The average molecular weight is 433 g/mol. The lowest BCUT2D eigenvalue weighted by Gasteiger charge is -2.33. The second kappa shape index (κ2) is 8.76. The molecule has 1 aliphatic heterocycles. The Hall–Kier alpha value is -1.57. The highest BCUT2D eigenvalue weighted by Crippen LogP contribution is 2.37. The minimum Gasteiger partial charge on any atom is -0.466 e. The molecule has 0 radical (unpaired) electrons. The third-order valence-electron chi connectivity index (χ3n) is 5.81. The van der Waals surface area contributed by atoms with Crippen molar-refractivity contribution < 1.29 is 23.6 Å². The minimum atomic E-state index is -0.561. The number of hydrogen-bond donors (Lipinski definition) is 1. The Bertz CT molecular complexity index is 795. The second-order valence-corrected chi connectivity index (χ2v) is 11.4. The number of nitrogens with one attached hydrogen (secondary N) is 1. The third-order valence-corrected chi connectivity index (χ3v) is 5.81. The molecule has 2 rings (SSSR count). The van der Waals surface area contributed by atoms with Gasteiger partial charge in [-0.25, -0.2) is 0 Å². The number of aryl methyl sites for hydroxylation is 1. The molecule has 0 atom stereocenters. The van der Waals surface area contributed by atoms with Gasteiger partial charge < -0.3 is 24.1 Å². The predicted molar refractivity (Wildman–Crippen MR) is 125 cm³/mol. The van der Waals surface area contributed by atoms with Crippen molar-refractivity contribution in [1.29, 1.82) is 0 Å². The molecule has 1 heterocycles. The van der Waals surface area contributed by atoms with Crippen LogP contribution in [0.3, 0.4) is 0 Å². The van der Waals surface area contributed by atoms with E-state index in [-0.39, 0.29) is 23.7 Å². The third kappa shape index (κ3) is 6.24. The van der Waals surface area contributed by atoms with Crippen LogP contribution in [-0.4, -0.2) is 43.7 Å². The van der Waals surface area contributed by atoms with E-state index in [0.717, 1.165) is 17.4 Å². The molecule has 174 valence electrons. The molecule has 1 amide bonds. The molecule has 1 fully saturated rings. The predicted octanol–water partition coefficient (Wildman–Crippen LogP) is 4.22. The highest BCUT2D eigenvalue weighted by molar-refractivity contribution is 6.62. The summed E-state index contributed by atoms with van der Waals surface area (Å²) < 4.78 is 23.3. The number of ether oxygens (including phenoxy) is 2. The summed E-state index contributed by atoms with van der Waals surface area (Å²) in [7, 11) is 0.995. The fourth-order valence-corrected chi connectivity index (χ4v) is 4.14. The van der Waals surface area contributed by atoms with Crippen molar-refractivity contribution in [1.82, 2.24) is 5.32 Å². The van der Waals surface area contributed by atoms with E-state index in [4.69, 9.17) is 18.8 Å². The van der Waals surface area contributed by atoms with Gasteiger partial charge in [0, 0.05) is 12.6 Å². The van der Waals surface area contributed by atoms with Gasteiger partial charge in [0.05, 0.1) is 16.8 Å². The van der Waals surface area contributed by atoms with Crippen LogP contribution in [0.15, 0.2) is 12.1 Å². The number of carbonyl (C=O) groups is 1. The molecule has 0 unspecified atom stereocenters. The molecule has 0 aromatic heterocycles. The van der Waals surface area contributed by atoms with E-state index in [9.17, 15) is 4.79 Å². The molecule has 31 heavy (non-hydrogen) atoms. The fraction of sp³-hybridized carbons (Fsp3) is 0.708. The maximum Gasteiger partial charge on any atom is 0.494 e. The van der Waals surface area contributed by atoms with Gasteiger partial charge in [0.25, 0.3) is 5.91 Å². The van der Waals surface area contributed by atoms with Gasteiger partial charge >= 0.3 is 7.12 Å². The van der Waals surface area contributed by atoms with Gasteiger partial charge in [-0.05, 0) is 77.4 Å². The summed E-state index contributed by atoms with van der Waals surface area (Å²) in [5.74, 6) is 0.313. The standard InChI is InChI=1S/C24H40BNO5/c1-16-12-17(25-30-23(7,8)24(9,10)31-25)13-18(19(16)29-15-28-11)20(27)26-22(5,6)14-21(2,3)4/h12-13H,14-15H2,1-11H3,(H,26,27). The van der Waals surface area contributed by atoms with Gasteiger partial charge in [-0.3, -0.25) is 4.79 Å². The number of hydrogen-bond acceptors (Lipinski definition) is 5. The Morgan fingerprint density at radius 2 is 1.61 bits per heavy atom. The van der Waals surface area contributed by atoms with Crippen LogP contribution in [0.25, 0.3) is 0 Å². The summed E-state index contributed by atoms with van der Waals surface area (Å²) in [6.45, 7) is 20.6. The molecular weight excluding hydrogens is 393 g/mol. The molecule has 1 saturated heterocycles. The SMILES string of the molecule is COCOc1c(C)cc(B2OC(C)(C)C(C)(C)O2)cc1C(=O)NC(C)(C)CC(C)(C)C. The molecule has 0 spiro atoms. The zero-order valence-corrected chi connectivity index (χ0v) is 21.2. The molecule has 1 N–H and O–H groups in total. The van der Waals surface area contributed by atoms with Gasteiger partial charge in [0.2, 0.25) is 0 Å². The molecule has 0 saturated carbocycles. The summed E-state index contributed by atoms with van der Waals surface area (Å²) >= 11 is 0. The Kier molecular flexibility index (Phi) is 7.26. The van der Waals surface area contributed by atoms with E-state index in [1.54, 1.807) is 7.11 Å². The number of rotatable bonds is 7. The van der Waals surface area contributed by atoms with Crippen LogP contribution >= 0.6 is 0 Å². The van der Waals surface area contributed by atoms with E-state index in [1.807, 2.05) is 60.6 Å². The van der Waals surface area contributed by atoms with Crippen LogP contribution in [0.2, 0.25) is 0 Å². The zero-order valence-electron chi connectivity index (χ0n) is 21.2. The van der Waals surface area contributed by atoms with Crippen LogP contribution in [-0.2, 0) is 14.0 Å². The lowest BCUT2D eigenvalue weighted by Crippen LogP contribution is -2.46. The van der Waals surface area contributed by atoms with Crippen LogP contribution in [0.4, 0.5) is 0 Å². The van der Waals surface area contributed by atoms with E-state index < -0.39 is 18.3 Å². The molecule has 1 aromatic rings. The highest BCUT2D eigenvalue weighted by atomic mass is 16.7. The van der Waals surface area contributed by atoms with Crippen LogP contribution in [0.1, 0.15) is 84.7 Å². The molecule has 1 aromatic carbocycles. The molecule has 0 bridgehead atoms. The number of methoxy groups -OCH3 is 1. The maximum atomic E-state index is 13.4. The highest BCUT2D eigenvalue weighted by Gasteiger charge is 2.52. The van der Waals surface area contributed by atoms with E-state index in [0.29, 0.717) is 11.3 Å². The van der Waals surface area contributed by atoms with Gasteiger partial charge in [-0.2, -0.15) is 0 Å². The fourth-order valence-electron chi connectivity index (χ4n) is 4.14. The van der Waals surface area contributed by atoms with Crippen molar-refractivity contribution >= 4 is 18.5 Å². The summed E-state index contributed by atoms with van der Waals surface area (Å²) in [4.78, 5) is 13.4. The summed E-state index contributed by atoms with van der Waals surface area (Å²) in [5.41, 5.74) is 0.822. The average Bonchev–Trinajstić information content (AvgIpc) is 2.78. The first-order valence-corrected chi connectivity index (χ1v) is 10.9. The number of amides is 1. The summed E-state index contributed by atoms with van der Waals surface area (Å²) in [6, 6.07) is 3.76. The quantitative estimate of drug-likeness (QED) is 0.515. The first-order chi connectivity index (χ1) is 14.0. The molecule has 6 nitrogen and oxygen atoms in total. The van der Waals surface area contributed by atoms with Crippen LogP contribution < -0.4 is 15.5 Å². The van der Waals surface area contributed by atoms with Crippen molar-refractivity contribution in [2.24, 2.45) is 5.41 Å². The van der Waals surface area contributed by atoms with Gasteiger partial charge in [-0.15, -0.1) is 0 Å². The van der Waals surface area contributed by atoms with Crippen molar-refractivity contribution in [3.63, 3.8) is 0 Å². The Labute approximate surface area is 188 Å². The monoisotopic (exact) mass is 433 g/mol. The van der Waals surface area contributed by atoms with Gasteiger partial charge in [0.15, 0.2) is 6.79 Å². The Morgan fingerprint density at radius 1 is 1.06 bits per heavy atom. The van der Waals surface area contributed by atoms with Gasteiger partial charge in [-0.1, -0.05) is 26.8 Å². The maximum absolute atomic E-state index is 13.4. The molecule has 7 heteroatoms. The molecule has 1 aliphatic rings. The Balaban J connectivity index is 2.43. The van der Waals surface area contributed by atoms with E-state index in [2.05, 4.69) is 26.1 Å².